The van der Waals surface area contributed by atoms with Gasteiger partial charge in [-0.25, -0.2) is 15.0 Å². The third kappa shape index (κ3) is 6.44. The maximum Gasteiger partial charge on any atom is 0.164 e. The van der Waals surface area contributed by atoms with E-state index in [0.29, 0.717) is 17.5 Å². The van der Waals surface area contributed by atoms with Crippen LogP contribution in [0.15, 0.2) is 235 Å². The predicted octanol–water partition coefficient (Wildman–Crippen LogP) is 16.0. The Balaban J connectivity index is 0.923. The van der Waals surface area contributed by atoms with Crippen LogP contribution >= 0.6 is 0 Å². The first-order chi connectivity index (χ1) is 32.7. The van der Waals surface area contributed by atoms with Gasteiger partial charge in [-0.15, -0.1) is 0 Å². The minimum absolute atomic E-state index is 0.601. The summed E-state index contributed by atoms with van der Waals surface area (Å²) in [5.74, 6) is 1.83. The van der Waals surface area contributed by atoms with Gasteiger partial charge < -0.3 is 8.98 Å². The number of benzene rings is 10. The molecule has 0 aliphatic rings. The van der Waals surface area contributed by atoms with Gasteiger partial charge in [0, 0.05) is 49.5 Å². The molecule has 3 heterocycles. The molecule has 0 saturated carbocycles. The minimum atomic E-state index is 0.601. The standard InChI is InChI=1S/C61H38N4O/c1-2-12-39(13-3-1)41-24-29-43(30-25-41)59-62-60(44-31-26-42(27-32-44)46-33-28-40-14-4-5-15-45(40)36-46)64-61(63-59)48-16-10-17-49(37-48)65-55-22-8-6-18-51(55)54-38-47(34-35-56(54)65)50-20-11-21-53-52-19-7-9-23-57(52)66-58(50)53/h1-38H. The zero-order chi connectivity index (χ0) is 43.6. The van der Waals surface area contributed by atoms with E-state index >= 15 is 0 Å². The highest BCUT2D eigenvalue weighted by molar-refractivity contribution is 6.13. The lowest BCUT2D eigenvalue weighted by atomic mass is 10.00. The van der Waals surface area contributed by atoms with Gasteiger partial charge in [0.25, 0.3) is 0 Å². The largest absolute Gasteiger partial charge is 0.455 e. The third-order valence-electron chi connectivity index (χ3n) is 12.9. The molecule has 0 N–H and O–H groups in total. The SMILES string of the molecule is c1ccc(-c2ccc(-c3nc(-c4ccc(-c5ccc6ccccc6c5)cc4)nc(-c4cccc(-n5c6ccccc6c6cc(-c7cccc8c7oc7ccccc78)ccc65)c4)n3)cc2)cc1. The monoisotopic (exact) mass is 842 g/mol. The van der Waals surface area contributed by atoms with E-state index in [0.717, 1.165) is 94.1 Å². The first kappa shape index (κ1) is 37.6. The fourth-order valence-corrected chi connectivity index (χ4v) is 9.56. The maximum atomic E-state index is 6.48. The molecule has 0 bridgehead atoms. The summed E-state index contributed by atoms with van der Waals surface area (Å²) in [6.07, 6.45) is 0. The highest BCUT2D eigenvalue weighted by Gasteiger charge is 2.18. The molecule has 0 radical (unpaired) electrons. The number of nitrogens with zero attached hydrogens (tertiary/aromatic N) is 4. The first-order valence-corrected chi connectivity index (χ1v) is 22.2. The molecule has 0 aliphatic heterocycles. The number of rotatable bonds is 7. The van der Waals surface area contributed by atoms with Crippen molar-refractivity contribution < 1.29 is 4.42 Å². The van der Waals surface area contributed by atoms with Crippen molar-refractivity contribution in [1.82, 2.24) is 19.5 Å². The van der Waals surface area contributed by atoms with Crippen LogP contribution in [0, 0.1) is 0 Å². The van der Waals surface area contributed by atoms with Crippen LogP contribution in [0.25, 0.3) is 128 Å². The van der Waals surface area contributed by atoms with Crippen molar-refractivity contribution in [3.05, 3.63) is 231 Å². The van der Waals surface area contributed by atoms with Crippen molar-refractivity contribution in [1.29, 1.82) is 0 Å². The summed E-state index contributed by atoms with van der Waals surface area (Å²) in [6, 6.07) is 81.1. The highest BCUT2D eigenvalue weighted by Crippen LogP contribution is 2.40. The fourth-order valence-electron chi connectivity index (χ4n) is 9.56. The molecule has 0 amide bonds. The summed E-state index contributed by atoms with van der Waals surface area (Å²) in [5, 5.41) is 7.03. The fraction of sp³-hybridized carbons (Fsp3) is 0. The molecule has 3 aromatic heterocycles. The zero-order valence-corrected chi connectivity index (χ0v) is 35.6. The van der Waals surface area contributed by atoms with Crippen LogP contribution in [0.1, 0.15) is 0 Å². The second-order valence-corrected chi connectivity index (χ2v) is 16.8. The summed E-state index contributed by atoms with van der Waals surface area (Å²) in [4.78, 5) is 15.5. The van der Waals surface area contributed by atoms with E-state index in [9.17, 15) is 0 Å². The van der Waals surface area contributed by atoms with Crippen molar-refractivity contribution in [3.8, 4) is 73.2 Å². The molecule has 0 fully saturated rings. The van der Waals surface area contributed by atoms with E-state index < -0.39 is 0 Å². The van der Waals surface area contributed by atoms with Gasteiger partial charge in [-0.3, -0.25) is 0 Å². The van der Waals surface area contributed by atoms with Gasteiger partial charge in [0.05, 0.1) is 11.0 Å². The average Bonchev–Trinajstić information content (AvgIpc) is 3.94. The van der Waals surface area contributed by atoms with E-state index in [1.165, 1.54) is 16.2 Å². The summed E-state index contributed by atoms with van der Waals surface area (Å²) in [5.41, 5.74) is 14.5. The Bertz CT molecular complexity index is 3980. The molecule has 5 nitrogen and oxygen atoms in total. The number of hydrogen-bond acceptors (Lipinski definition) is 4. The van der Waals surface area contributed by atoms with Gasteiger partial charge in [-0.05, 0) is 81.1 Å². The third-order valence-corrected chi connectivity index (χ3v) is 12.9. The Morgan fingerprint density at radius 3 is 1.64 bits per heavy atom. The molecule has 13 aromatic rings. The van der Waals surface area contributed by atoms with Crippen LogP contribution in [-0.2, 0) is 0 Å². The Labute approximate surface area is 380 Å². The molecule has 0 atom stereocenters. The molecular weight excluding hydrogens is 805 g/mol. The normalized spacial score (nSPS) is 11.6. The molecular formula is C61H38N4O. The smallest absolute Gasteiger partial charge is 0.164 e. The number of para-hydroxylation sites is 3. The quantitative estimate of drug-likeness (QED) is 0.160. The van der Waals surface area contributed by atoms with Gasteiger partial charge in [0.15, 0.2) is 17.5 Å². The lowest BCUT2D eigenvalue weighted by Gasteiger charge is -2.12. The van der Waals surface area contributed by atoms with Crippen molar-refractivity contribution in [3.63, 3.8) is 0 Å². The molecule has 13 rings (SSSR count). The van der Waals surface area contributed by atoms with Crippen LogP contribution < -0.4 is 0 Å². The average molecular weight is 843 g/mol. The predicted molar refractivity (Wildman–Crippen MR) is 272 cm³/mol. The number of hydrogen-bond donors (Lipinski definition) is 0. The number of fused-ring (bicyclic) bond motifs is 7. The maximum absolute atomic E-state index is 6.48. The van der Waals surface area contributed by atoms with Crippen molar-refractivity contribution in [2.75, 3.05) is 0 Å². The van der Waals surface area contributed by atoms with Crippen molar-refractivity contribution >= 4 is 54.5 Å². The van der Waals surface area contributed by atoms with Crippen LogP contribution in [-0.4, -0.2) is 19.5 Å². The minimum Gasteiger partial charge on any atom is -0.455 e. The van der Waals surface area contributed by atoms with Crippen molar-refractivity contribution in [2.24, 2.45) is 0 Å². The van der Waals surface area contributed by atoms with Gasteiger partial charge >= 0.3 is 0 Å². The molecule has 0 unspecified atom stereocenters. The Morgan fingerprint density at radius 1 is 0.303 bits per heavy atom. The topological polar surface area (TPSA) is 56.7 Å². The second-order valence-electron chi connectivity index (χ2n) is 16.8. The van der Waals surface area contributed by atoms with Crippen LogP contribution in [0.5, 0.6) is 0 Å². The number of aromatic nitrogens is 4. The van der Waals surface area contributed by atoms with Gasteiger partial charge in [-0.1, -0.05) is 188 Å². The molecule has 0 saturated heterocycles. The molecule has 10 aromatic carbocycles. The summed E-state index contributed by atoms with van der Waals surface area (Å²) in [7, 11) is 0. The Kier molecular flexibility index (Phi) is 8.78. The molecule has 66 heavy (non-hydrogen) atoms. The zero-order valence-electron chi connectivity index (χ0n) is 35.6. The second kappa shape index (κ2) is 15.4. The van der Waals surface area contributed by atoms with E-state index in [2.05, 4.69) is 217 Å². The Morgan fingerprint density at radius 2 is 0.848 bits per heavy atom. The lowest BCUT2D eigenvalue weighted by molar-refractivity contribution is 0.670. The van der Waals surface area contributed by atoms with Crippen molar-refractivity contribution in [2.45, 2.75) is 0 Å². The van der Waals surface area contributed by atoms with Gasteiger partial charge in [0.1, 0.15) is 11.2 Å². The first-order valence-electron chi connectivity index (χ1n) is 22.2. The van der Waals surface area contributed by atoms with Crippen LogP contribution in [0.4, 0.5) is 0 Å². The molecule has 0 spiro atoms. The molecule has 5 heteroatoms. The lowest BCUT2D eigenvalue weighted by Crippen LogP contribution is -2.01. The van der Waals surface area contributed by atoms with Gasteiger partial charge in [0.2, 0.25) is 0 Å². The van der Waals surface area contributed by atoms with E-state index in [-0.39, 0.29) is 0 Å². The van der Waals surface area contributed by atoms with Crippen LogP contribution in [0.3, 0.4) is 0 Å². The highest BCUT2D eigenvalue weighted by atomic mass is 16.3. The van der Waals surface area contributed by atoms with E-state index in [1.54, 1.807) is 0 Å². The van der Waals surface area contributed by atoms with Gasteiger partial charge in [-0.2, -0.15) is 0 Å². The number of furan rings is 1. The molecule has 0 aliphatic carbocycles. The summed E-state index contributed by atoms with van der Waals surface area (Å²) < 4.78 is 8.82. The van der Waals surface area contributed by atoms with E-state index in [4.69, 9.17) is 19.4 Å². The summed E-state index contributed by atoms with van der Waals surface area (Å²) in [6.45, 7) is 0. The Hall–Kier alpha value is -8.93. The molecule has 308 valence electrons. The summed E-state index contributed by atoms with van der Waals surface area (Å²) >= 11 is 0. The van der Waals surface area contributed by atoms with Crippen LogP contribution in [0.2, 0.25) is 0 Å². The van der Waals surface area contributed by atoms with E-state index in [1.807, 2.05) is 18.2 Å².